The maximum absolute atomic E-state index is 13.4. The number of carbonyl (C=O) groups is 3. The third-order valence-electron chi connectivity index (χ3n) is 6.71. The van der Waals surface area contributed by atoms with Crippen LogP contribution in [-0.4, -0.2) is 92.2 Å². The predicted molar refractivity (Wildman–Crippen MR) is 119 cm³/mol. The van der Waals surface area contributed by atoms with Crippen molar-refractivity contribution in [3.63, 3.8) is 0 Å². The summed E-state index contributed by atoms with van der Waals surface area (Å²) in [6.07, 6.45) is 3.12. The Bertz CT molecular complexity index is 838. The Kier molecular flexibility index (Phi) is 7.37. The average Bonchev–Trinajstić information content (AvgIpc) is 3.55. The number of nitrogens with zero attached hydrogens (tertiary/aromatic N) is 3. The Morgan fingerprint density at radius 3 is 2.50 bits per heavy atom. The highest BCUT2D eigenvalue weighted by Gasteiger charge is 2.43. The van der Waals surface area contributed by atoms with Crippen LogP contribution in [0.15, 0.2) is 35.2 Å². The van der Waals surface area contributed by atoms with E-state index < -0.39 is 29.4 Å². The Balaban J connectivity index is 1.38. The summed E-state index contributed by atoms with van der Waals surface area (Å²) >= 11 is -1.35. The van der Waals surface area contributed by atoms with E-state index in [0.29, 0.717) is 43.8 Å². The molecule has 32 heavy (non-hydrogen) atoms. The van der Waals surface area contributed by atoms with Crippen molar-refractivity contribution in [2.45, 2.75) is 61.6 Å². The Hall–Kier alpha value is -2.10. The smallest absolute Gasteiger partial charge is 0.245 e. The average molecular weight is 462 g/mol. The summed E-state index contributed by atoms with van der Waals surface area (Å²) < 4.78 is 12.6. The SMILES string of the molecule is O=C1CCCN1CC(=O)N1CCC[C@@H]1C(=O)N1CCC[C@H]1C(O)C[S+]([O-])c1ccccc1. The van der Waals surface area contributed by atoms with Crippen molar-refractivity contribution in [2.75, 3.05) is 31.9 Å². The van der Waals surface area contributed by atoms with E-state index in [1.807, 2.05) is 18.2 Å². The van der Waals surface area contributed by atoms with Gasteiger partial charge in [0.05, 0.1) is 12.6 Å². The molecule has 1 N–H and O–H groups in total. The summed E-state index contributed by atoms with van der Waals surface area (Å²) in [6.45, 7) is 1.67. The fraction of sp³-hybridized carbons (Fsp3) is 0.609. The largest absolute Gasteiger partial charge is 0.611 e. The molecule has 4 rings (SSSR count). The van der Waals surface area contributed by atoms with Gasteiger partial charge in [-0.1, -0.05) is 18.2 Å². The van der Waals surface area contributed by atoms with Crippen LogP contribution in [0.2, 0.25) is 0 Å². The standard InChI is InChI=1S/C23H31N3O5S/c27-20(16-32(31)17-7-2-1-3-8-17)18-9-4-14-26(18)23(30)19-10-5-13-25(19)22(29)15-24-12-6-11-21(24)28/h1-3,7-8,18-20,27H,4-6,9-16H2/t18-,19+,20?,32?/m0/s1. The number of carbonyl (C=O) groups excluding carboxylic acids is 3. The zero-order valence-corrected chi connectivity index (χ0v) is 19.0. The molecule has 3 aliphatic heterocycles. The summed E-state index contributed by atoms with van der Waals surface area (Å²) in [5, 5.41) is 10.8. The van der Waals surface area contributed by atoms with Gasteiger partial charge in [0.2, 0.25) is 17.7 Å². The second-order valence-corrected chi connectivity index (χ2v) is 10.3. The van der Waals surface area contributed by atoms with Crippen molar-refractivity contribution < 1.29 is 24.0 Å². The van der Waals surface area contributed by atoms with Gasteiger partial charge in [0, 0.05) is 26.1 Å². The second-order valence-electron chi connectivity index (χ2n) is 8.80. The molecule has 0 spiro atoms. The maximum atomic E-state index is 13.4. The molecule has 1 aromatic carbocycles. The molecule has 0 aliphatic carbocycles. The van der Waals surface area contributed by atoms with Crippen LogP contribution in [0.4, 0.5) is 0 Å². The lowest BCUT2D eigenvalue weighted by atomic mass is 10.1. The van der Waals surface area contributed by atoms with E-state index in [1.165, 1.54) is 0 Å². The first-order valence-electron chi connectivity index (χ1n) is 11.4. The third-order valence-corrected chi connectivity index (χ3v) is 8.15. The topological polar surface area (TPSA) is 104 Å². The molecule has 3 heterocycles. The molecule has 9 heteroatoms. The van der Waals surface area contributed by atoms with Gasteiger partial charge >= 0.3 is 0 Å². The highest BCUT2D eigenvalue weighted by molar-refractivity contribution is 7.91. The second kappa shape index (κ2) is 10.2. The van der Waals surface area contributed by atoms with E-state index in [4.69, 9.17) is 0 Å². The number of likely N-dealkylation sites (tertiary alicyclic amines) is 3. The van der Waals surface area contributed by atoms with Gasteiger partial charge in [0.15, 0.2) is 4.90 Å². The van der Waals surface area contributed by atoms with Crippen LogP contribution in [-0.2, 0) is 25.6 Å². The molecule has 0 bridgehead atoms. The van der Waals surface area contributed by atoms with E-state index in [2.05, 4.69) is 0 Å². The number of benzene rings is 1. The molecular formula is C23H31N3O5S. The van der Waals surface area contributed by atoms with Crippen LogP contribution in [0, 0.1) is 0 Å². The number of rotatable bonds is 7. The van der Waals surface area contributed by atoms with Crippen LogP contribution in [0.3, 0.4) is 0 Å². The fourth-order valence-electron chi connectivity index (χ4n) is 5.04. The number of hydrogen-bond donors (Lipinski definition) is 1. The van der Waals surface area contributed by atoms with E-state index in [9.17, 15) is 24.0 Å². The summed E-state index contributed by atoms with van der Waals surface area (Å²) in [7, 11) is 0. The van der Waals surface area contributed by atoms with Crippen LogP contribution in [0.5, 0.6) is 0 Å². The zero-order chi connectivity index (χ0) is 22.7. The van der Waals surface area contributed by atoms with Gasteiger partial charge in [-0.05, 0) is 55.4 Å². The Labute approximate surface area is 191 Å². The monoisotopic (exact) mass is 461 g/mol. The summed E-state index contributed by atoms with van der Waals surface area (Å²) in [4.78, 5) is 43.7. The van der Waals surface area contributed by atoms with Crippen molar-refractivity contribution in [3.8, 4) is 0 Å². The minimum Gasteiger partial charge on any atom is -0.611 e. The molecular weight excluding hydrogens is 430 g/mol. The highest BCUT2D eigenvalue weighted by Crippen LogP contribution is 2.28. The lowest BCUT2D eigenvalue weighted by Gasteiger charge is -2.34. The number of aliphatic hydroxyl groups is 1. The third kappa shape index (κ3) is 4.94. The Morgan fingerprint density at radius 2 is 1.78 bits per heavy atom. The van der Waals surface area contributed by atoms with E-state index in [0.717, 1.165) is 19.3 Å². The van der Waals surface area contributed by atoms with Crippen LogP contribution >= 0.6 is 0 Å². The van der Waals surface area contributed by atoms with E-state index in [1.54, 1.807) is 26.8 Å². The van der Waals surface area contributed by atoms with Crippen molar-refractivity contribution >= 4 is 28.9 Å². The molecule has 3 aliphatic rings. The summed E-state index contributed by atoms with van der Waals surface area (Å²) in [6, 6.07) is 8.07. The molecule has 2 unspecified atom stereocenters. The molecule has 0 saturated carbocycles. The van der Waals surface area contributed by atoms with E-state index >= 15 is 0 Å². The molecule has 4 atom stereocenters. The first-order chi connectivity index (χ1) is 15.5. The molecule has 3 saturated heterocycles. The minimum absolute atomic E-state index is 0.00503. The molecule has 174 valence electrons. The first kappa shape index (κ1) is 23.1. The van der Waals surface area contributed by atoms with Gasteiger partial charge in [-0.3, -0.25) is 14.4 Å². The fourth-order valence-corrected chi connectivity index (χ4v) is 6.22. The quantitative estimate of drug-likeness (QED) is 0.604. The van der Waals surface area contributed by atoms with Gasteiger partial charge in [0.25, 0.3) is 0 Å². The van der Waals surface area contributed by atoms with Crippen LogP contribution in [0.1, 0.15) is 38.5 Å². The number of aliphatic hydroxyl groups excluding tert-OH is 1. The van der Waals surface area contributed by atoms with Crippen molar-refractivity contribution in [2.24, 2.45) is 0 Å². The van der Waals surface area contributed by atoms with Crippen molar-refractivity contribution in [1.82, 2.24) is 14.7 Å². The predicted octanol–water partition coefficient (Wildman–Crippen LogP) is 0.760. The van der Waals surface area contributed by atoms with Gasteiger partial charge < -0.3 is 24.4 Å². The summed E-state index contributed by atoms with van der Waals surface area (Å²) in [5.74, 6) is -0.258. The molecule has 8 nitrogen and oxygen atoms in total. The molecule has 0 aromatic heterocycles. The van der Waals surface area contributed by atoms with Gasteiger partial charge in [-0.25, -0.2) is 0 Å². The lowest BCUT2D eigenvalue weighted by molar-refractivity contribution is -0.147. The summed E-state index contributed by atoms with van der Waals surface area (Å²) in [5.41, 5.74) is 0. The lowest BCUT2D eigenvalue weighted by Crippen LogP contribution is -2.53. The maximum Gasteiger partial charge on any atom is 0.245 e. The van der Waals surface area contributed by atoms with Gasteiger partial charge in [0.1, 0.15) is 17.9 Å². The van der Waals surface area contributed by atoms with Crippen molar-refractivity contribution in [3.05, 3.63) is 30.3 Å². The van der Waals surface area contributed by atoms with Gasteiger partial charge in [-0.2, -0.15) is 0 Å². The van der Waals surface area contributed by atoms with E-state index in [-0.39, 0.29) is 30.0 Å². The Morgan fingerprint density at radius 1 is 1.06 bits per heavy atom. The number of hydrogen-bond acceptors (Lipinski definition) is 5. The van der Waals surface area contributed by atoms with Crippen LogP contribution < -0.4 is 0 Å². The highest BCUT2D eigenvalue weighted by atomic mass is 32.2. The van der Waals surface area contributed by atoms with Crippen molar-refractivity contribution in [1.29, 1.82) is 0 Å². The minimum atomic E-state index is -1.35. The normalized spacial score (nSPS) is 25.4. The van der Waals surface area contributed by atoms with Gasteiger partial charge in [-0.15, -0.1) is 0 Å². The molecule has 3 fully saturated rings. The molecule has 0 radical (unpaired) electrons. The molecule has 3 amide bonds. The van der Waals surface area contributed by atoms with Crippen LogP contribution in [0.25, 0.3) is 0 Å². The number of amides is 3. The molecule has 1 aromatic rings. The first-order valence-corrected chi connectivity index (χ1v) is 12.8. The zero-order valence-electron chi connectivity index (χ0n) is 18.2.